The lowest BCUT2D eigenvalue weighted by molar-refractivity contribution is -0.138. The van der Waals surface area contributed by atoms with Gasteiger partial charge in [0.2, 0.25) is 0 Å². The fourth-order valence-corrected chi connectivity index (χ4v) is 4.37. The summed E-state index contributed by atoms with van der Waals surface area (Å²) in [5, 5.41) is 12.2. The Labute approximate surface area is 215 Å². The molecule has 0 saturated carbocycles. The second kappa shape index (κ2) is 10.3. The van der Waals surface area contributed by atoms with Crippen molar-refractivity contribution in [3.05, 3.63) is 83.9 Å². The molecule has 0 spiro atoms. The average Bonchev–Trinajstić information content (AvgIpc) is 3.16. The first-order valence-electron chi connectivity index (χ1n) is 12.0. The van der Waals surface area contributed by atoms with Crippen LogP contribution in [0.4, 0.5) is 21.0 Å². The minimum Gasteiger partial charge on any atom is -0.480 e. The number of amides is 2. The van der Waals surface area contributed by atoms with Crippen LogP contribution in [0.5, 0.6) is 0 Å². The summed E-state index contributed by atoms with van der Waals surface area (Å²) >= 11 is 0. The maximum absolute atomic E-state index is 12.7. The number of fused-ring (bicyclic) bond motifs is 3. The molecule has 3 aromatic rings. The number of hydrogen-bond donors (Lipinski definition) is 2. The fourth-order valence-electron chi connectivity index (χ4n) is 4.37. The minimum absolute atomic E-state index is 0.0552. The van der Waals surface area contributed by atoms with Gasteiger partial charge in [-0.2, -0.15) is 0 Å². The quantitative estimate of drug-likeness (QED) is 0.412. The van der Waals surface area contributed by atoms with Crippen LogP contribution < -0.4 is 10.2 Å². The Morgan fingerprint density at radius 1 is 0.919 bits per heavy atom. The molecule has 0 saturated heterocycles. The van der Waals surface area contributed by atoms with Crippen molar-refractivity contribution in [1.82, 2.24) is 0 Å². The maximum Gasteiger partial charge on any atom is 0.415 e. The van der Waals surface area contributed by atoms with Crippen LogP contribution in [-0.2, 0) is 14.3 Å². The normalized spacial score (nSPS) is 13.2. The summed E-state index contributed by atoms with van der Waals surface area (Å²) in [4.78, 5) is 38.0. The molecule has 0 bridgehead atoms. The lowest BCUT2D eigenvalue weighted by atomic mass is 9.98. The molecule has 37 heavy (non-hydrogen) atoms. The highest BCUT2D eigenvalue weighted by Crippen LogP contribution is 2.44. The molecule has 0 aromatic heterocycles. The Kier molecular flexibility index (Phi) is 7.20. The van der Waals surface area contributed by atoms with E-state index in [1.165, 1.54) is 6.92 Å². The summed E-state index contributed by atoms with van der Waals surface area (Å²) in [5.74, 6) is -1.23. The molecule has 1 aliphatic rings. The predicted molar refractivity (Wildman–Crippen MR) is 141 cm³/mol. The Morgan fingerprint density at radius 3 is 1.97 bits per heavy atom. The van der Waals surface area contributed by atoms with Crippen LogP contribution in [0.2, 0.25) is 0 Å². The summed E-state index contributed by atoms with van der Waals surface area (Å²) < 4.78 is 11.0. The second-order valence-corrected chi connectivity index (χ2v) is 9.86. The number of carboxylic acid groups (broad SMARTS) is 1. The molecule has 0 unspecified atom stereocenters. The van der Waals surface area contributed by atoms with Crippen molar-refractivity contribution >= 4 is 29.5 Å². The fraction of sp³-hybridized carbons (Fsp3) is 0.276. The molecule has 8 nitrogen and oxygen atoms in total. The molecule has 4 rings (SSSR count). The van der Waals surface area contributed by atoms with Crippen LogP contribution in [-0.4, -0.2) is 41.5 Å². The van der Waals surface area contributed by atoms with E-state index in [9.17, 15) is 19.5 Å². The van der Waals surface area contributed by atoms with Gasteiger partial charge in [-0.3, -0.25) is 10.2 Å². The molecule has 0 radical (unpaired) electrons. The van der Waals surface area contributed by atoms with Gasteiger partial charge < -0.3 is 14.6 Å². The van der Waals surface area contributed by atoms with Crippen molar-refractivity contribution in [2.75, 3.05) is 16.8 Å². The Hall–Kier alpha value is -4.33. The summed E-state index contributed by atoms with van der Waals surface area (Å²) in [7, 11) is 0. The number of benzene rings is 3. The molecule has 192 valence electrons. The molecular formula is C29H30N2O6. The van der Waals surface area contributed by atoms with E-state index in [0.29, 0.717) is 11.4 Å². The monoisotopic (exact) mass is 502 g/mol. The van der Waals surface area contributed by atoms with Gasteiger partial charge in [0.1, 0.15) is 18.2 Å². The van der Waals surface area contributed by atoms with Gasteiger partial charge in [0.15, 0.2) is 0 Å². The van der Waals surface area contributed by atoms with Gasteiger partial charge in [-0.05, 0) is 74.2 Å². The first-order valence-corrected chi connectivity index (χ1v) is 12.0. The van der Waals surface area contributed by atoms with Crippen molar-refractivity contribution in [3.8, 4) is 11.1 Å². The van der Waals surface area contributed by atoms with Gasteiger partial charge in [-0.15, -0.1) is 0 Å². The molecule has 2 N–H and O–H groups in total. The van der Waals surface area contributed by atoms with Crippen LogP contribution in [0.15, 0.2) is 72.8 Å². The minimum atomic E-state index is -1.17. The van der Waals surface area contributed by atoms with Crippen LogP contribution in [0.3, 0.4) is 0 Å². The van der Waals surface area contributed by atoms with Gasteiger partial charge in [0.25, 0.3) is 0 Å². The number of carbonyl (C=O) groups is 3. The molecule has 0 aliphatic heterocycles. The number of rotatable bonds is 6. The first kappa shape index (κ1) is 25.8. The average molecular weight is 503 g/mol. The summed E-state index contributed by atoms with van der Waals surface area (Å²) in [6, 6.07) is 21.3. The zero-order valence-electron chi connectivity index (χ0n) is 21.2. The molecule has 0 fully saturated rings. The van der Waals surface area contributed by atoms with Crippen LogP contribution >= 0.6 is 0 Å². The van der Waals surface area contributed by atoms with Crippen LogP contribution in [0.25, 0.3) is 11.1 Å². The highest BCUT2D eigenvalue weighted by molar-refractivity contribution is 5.95. The third-order valence-corrected chi connectivity index (χ3v) is 6.07. The zero-order valence-corrected chi connectivity index (χ0v) is 21.2. The molecular weight excluding hydrogens is 472 g/mol. The van der Waals surface area contributed by atoms with E-state index in [1.54, 1.807) is 45.0 Å². The van der Waals surface area contributed by atoms with E-state index < -0.39 is 29.8 Å². The number of nitrogens with zero attached hydrogens (tertiary/aromatic N) is 1. The van der Waals surface area contributed by atoms with E-state index in [1.807, 2.05) is 24.3 Å². The number of anilines is 2. The third kappa shape index (κ3) is 5.74. The van der Waals surface area contributed by atoms with Crippen molar-refractivity contribution < 1.29 is 29.0 Å². The summed E-state index contributed by atoms with van der Waals surface area (Å²) in [5.41, 5.74) is 4.50. The topological polar surface area (TPSA) is 105 Å². The van der Waals surface area contributed by atoms with Gasteiger partial charge in [0, 0.05) is 17.3 Å². The Balaban J connectivity index is 1.43. The third-order valence-electron chi connectivity index (χ3n) is 6.07. The van der Waals surface area contributed by atoms with Gasteiger partial charge in [-0.25, -0.2) is 14.4 Å². The van der Waals surface area contributed by atoms with E-state index in [0.717, 1.165) is 27.2 Å². The lowest BCUT2D eigenvalue weighted by Crippen LogP contribution is -2.46. The number of nitrogens with one attached hydrogen (secondary N) is 1. The Bertz CT molecular complexity index is 1270. The van der Waals surface area contributed by atoms with E-state index >= 15 is 0 Å². The van der Waals surface area contributed by atoms with E-state index in [-0.39, 0.29) is 12.5 Å². The molecule has 1 aliphatic carbocycles. The van der Waals surface area contributed by atoms with Crippen molar-refractivity contribution in [2.24, 2.45) is 0 Å². The molecule has 0 heterocycles. The summed E-state index contributed by atoms with van der Waals surface area (Å²) in [6.45, 7) is 6.69. The number of carbonyl (C=O) groups excluding carboxylic acids is 2. The molecule has 8 heteroatoms. The zero-order chi connectivity index (χ0) is 26.7. The highest BCUT2D eigenvalue weighted by atomic mass is 16.6. The van der Waals surface area contributed by atoms with E-state index in [2.05, 4.69) is 29.6 Å². The lowest BCUT2D eigenvalue weighted by Gasteiger charge is -2.30. The van der Waals surface area contributed by atoms with Gasteiger partial charge in [-0.1, -0.05) is 48.5 Å². The predicted octanol–water partition coefficient (Wildman–Crippen LogP) is 6.26. The van der Waals surface area contributed by atoms with Crippen molar-refractivity contribution in [3.63, 3.8) is 0 Å². The highest BCUT2D eigenvalue weighted by Gasteiger charge is 2.32. The number of aliphatic carboxylic acids is 1. The maximum atomic E-state index is 12.7. The van der Waals surface area contributed by atoms with Crippen molar-refractivity contribution in [2.45, 2.75) is 45.3 Å². The molecule has 3 aromatic carbocycles. The molecule has 1 atom stereocenters. The first-order chi connectivity index (χ1) is 17.5. The van der Waals surface area contributed by atoms with Crippen LogP contribution in [0, 0.1) is 0 Å². The number of ether oxygens (including phenoxy) is 2. The van der Waals surface area contributed by atoms with Gasteiger partial charge >= 0.3 is 18.2 Å². The van der Waals surface area contributed by atoms with Gasteiger partial charge in [0.05, 0.1) is 0 Å². The number of carboxylic acids is 1. The van der Waals surface area contributed by atoms with Crippen LogP contribution in [0.1, 0.15) is 44.7 Å². The Morgan fingerprint density at radius 2 is 1.46 bits per heavy atom. The number of hydrogen-bond acceptors (Lipinski definition) is 5. The standard InChI is InChI=1S/C29H30N2O6/c1-18(26(32)33)31(28(35)37-29(2,3)4)20-15-13-19(14-16-20)30-27(34)36-17-25-23-11-7-5-9-21(23)22-10-6-8-12-24(22)25/h5-16,18,25H,17H2,1-4H3,(H,30,34)(H,32,33)/t18-/m0/s1. The molecule has 2 amide bonds. The largest absolute Gasteiger partial charge is 0.480 e. The van der Waals surface area contributed by atoms with Crippen molar-refractivity contribution in [1.29, 1.82) is 0 Å². The van der Waals surface area contributed by atoms with E-state index in [4.69, 9.17) is 9.47 Å². The summed E-state index contributed by atoms with van der Waals surface area (Å²) in [6.07, 6.45) is -1.39. The smallest absolute Gasteiger partial charge is 0.415 e. The second-order valence-electron chi connectivity index (χ2n) is 9.86. The SMILES string of the molecule is C[C@@H](C(=O)O)N(C(=O)OC(C)(C)C)c1ccc(NC(=O)OCC2c3ccccc3-c3ccccc32)cc1.